The second-order valence-corrected chi connectivity index (χ2v) is 13.4. The van der Waals surface area contributed by atoms with E-state index in [1.54, 1.807) is 0 Å². The van der Waals surface area contributed by atoms with Gasteiger partial charge in [-0.1, -0.05) is 26.5 Å². The summed E-state index contributed by atoms with van der Waals surface area (Å²) in [4.78, 5) is 23.7. The minimum Gasteiger partial charge on any atom is -0.493 e. The van der Waals surface area contributed by atoms with Crippen LogP contribution in [0.15, 0.2) is 0 Å². The van der Waals surface area contributed by atoms with Crippen molar-refractivity contribution in [1.82, 2.24) is 0 Å². The maximum atomic E-state index is 12.3. The van der Waals surface area contributed by atoms with Crippen molar-refractivity contribution in [3.05, 3.63) is 22.3 Å². The van der Waals surface area contributed by atoms with Gasteiger partial charge in [-0.15, -0.1) is 0 Å². The molecule has 0 amide bonds. The third-order valence-corrected chi connectivity index (χ3v) is 6.38. The summed E-state index contributed by atoms with van der Waals surface area (Å²) in [5.41, 5.74) is 9.28. The zero-order valence-corrected chi connectivity index (χ0v) is 17.3. The number of esters is 1. The molecule has 1 heterocycles. The van der Waals surface area contributed by atoms with Gasteiger partial charge in [-0.05, 0) is 29.6 Å². The second kappa shape index (κ2) is 8.37. The van der Waals surface area contributed by atoms with Crippen molar-refractivity contribution in [1.29, 1.82) is 0 Å². The van der Waals surface area contributed by atoms with Crippen LogP contribution in [0.4, 0.5) is 0 Å². The van der Waals surface area contributed by atoms with E-state index in [1.165, 1.54) is 0 Å². The fraction of sp³-hybridized carbons (Fsp3) is 0.556. The number of hydrogen-bond donors (Lipinski definition) is 1. The summed E-state index contributed by atoms with van der Waals surface area (Å²) in [6.07, 6.45) is 0.975. The third-order valence-electron chi connectivity index (χ3n) is 4.68. The predicted octanol–water partition coefficient (Wildman–Crippen LogP) is 1.88. The molecule has 1 aromatic carbocycles. The van der Waals surface area contributed by atoms with Gasteiger partial charge in [-0.2, -0.15) is 0 Å². The topological polar surface area (TPSA) is 87.9 Å². The molecular weight excluding hydrogens is 349 g/mol. The Morgan fingerprint density at radius 3 is 2.62 bits per heavy atom. The molecule has 8 heteroatoms. The minimum atomic E-state index is -1.30. The summed E-state index contributed by atoms with van der Waals surface area (Å²) in [5.74, 6) is 0.0816. The van der Waals surface area contributed by atoms with Gasteiger partial charge in [0.05, 0.1) is 13.3 Å². The molecule has 0 aromatic heterocycles. The van der Waals surface area contributed by atoms with E-state index in [0.717, 1.165) is 28.9 Å². The van der Waals surface area contributed by atoms with Crippen LogP contribution in [0, 0.1) is 6.92 Å². The quantitative estimate of drug-likeness (QED) is 0.306. The van der Waals surface area contributed by atoms with Gasteiger partial charge in [0.2, 0.25) is 0 Å². The summed E-state index contributed by atoms with van der Waals surface area (Å²) in [7, 11) is -1.30. The Hall–Kier alpha value is -1.64. The van der Waals surface area contributed by atoms with Crippen molar-refractivity contribution in [2.24, 2.45) is 5.73 Å². The van der Waals surface area contributed by atoms with E-state index < -0.39 is 14.0 Å². The lowest BCUT2D eigenvalue weighted by molar-refractivity contribution is -0.107. The van der Waals surface area contributed by atoms with Crippen LogP contribution in [0.2, 0.25) is 32.5 Å². The molecule has 0 atom stereocenters. The minimum absolute atomic E-state index is 0.0689. The molecule has 142 valence electrons. The van der Waals surface area contributed by atoms with Crippen molar-refractivity contribution in [2.75, 3.05) is 13.3 Å². The van der Waals surface area contributed by atoms with E-state index in [0.29, 0.717) is 23.5 Å². The lowest BCUT2D eigenvalue weighted by atomic mass is 9.59. The molecule has 0 aliphatic carbocycles. The Kier molecular flexibility index (Phi) is 6.65. The van der Waals surface area contributed by atoms with E-state index in [-0.39, 0.29) is 26.7 Å². The standard InChI is InChI=1S/C18H28BNO5Si/c1-12-14-10-24-18(22)15(14)17(23-8-9-26(3,4)5)13(6-7-21)16(12)19(2)25-11-20/h7H,6,8-11,20H2,1-5H3. The number of benzene rings is 1. The van der Waals surface area contributed by atoms with Crippen LogP contribution in [0.25, 0.3) is 0 Å². The van der Waals surface area contributed by atoms with Crippen molar-refractivity contribution >= 4 is 32.7 Å². The molecule has 26 heavy (non-hydrogen) atoms. The van der Waals surface area contributed by atoms with Gasteiger partial charge >= 0.3 is 12.9 Å². The number of aldehydes is 1. The molecule has 1 aliphatic rings. The first kappa shape index (κ1) is 20.7. The van der Waals surface area contributed by atoms with Gasteiger partial charge in [-0.3, -0.25) is 0 Å². The smallest absolute Gasteiger partial charge is 0.342 e. The van der Waals surface area contributed by atoms with Gasteiger partial charge in [0.15, 0.2) is 0 Å². The van der Waals surface area contributed by atoms with Crippen molar-refractivity contribution in [3.63, 3.8) is 0 Å². The SMILES string of the molecule is CB(OCN)c1c(C)c2c(c(OCC[Si](C)(C)C)c1CC=O)C(=O)OC2. The average molecular weight is 377 g/mol. The number of hydrogen-bond acceptors (Lipinski definition) is 6. The molecule has 1 aromatic rings. The van der Waals surface area contributed by atoms with Gasteiger partial charge < -0.3 is 24.7 Å². The van der Waals surface area contributed by atoms with Crippen molar-refractivity contribution in [2.45, 2.75) is 52.5 Å². The van der Waals surface area contributed by atoms with Gasteiger partial charge in [0, 0.05) is 20.1 Å². The fourth-order valence-electron chi connectivity index (χ4n) is 3.28. The van der Waals surface area contributed by atoms with Crippen LogP contribution < -0.4 is 15.9 Å². The number of cyclic esters (lactones) is 1. The number of ether oxygens (including phenoxy) is 2. The third kappa shape index (κ3) is 4.36. The van der Waals surface area contributed by atoms with E-state index in [4.69, 9.17) is 19.9 Å². The highest BCUT2D eigenvalue weighted by atomic mass is 28.3. The number of carbonyl (C=O) groups is 2. The zero-order chi connectivity index (χ0) is 19.5. The molecule has 6 nitrogen and oxygen atoms in total. The first-order valence-electron chi connectivity index (χ1n) is 8.94. The lowest BCUT2D eigenvalue weighted by Gasteiger charge is -2.23. The monoisotopic (exact) mass is 377 g/mol. The molecule has 2 rings (SSSR count). The summed E-state index contributed by atoms with van der Waals surface area (Å²) >= 11 is 0. The Bertz CT molecular complexity index is 702. The summed E-state index contributed by atoms with van der Waals surface area (Å²) in [5, 5.41) is 0. The molecular formula is C18H28BNO5Si. The first-order valence-corrected chi connectivity index (χ1v) is 12.7. The first-order chi connectivity index (χ1) is 12.2. The highest BCUT2D eigenvalue weighted by molar-refractivity contribution is 6.76. The number of fused-ring (bicyclic) bond motifs is 1. The molecule has 0 fully saturated rings. The van der Waals surface area contributed by atoms with Crippen molar-refractivity contribution in [3.8, 4) is 5.75 Å². The van der Waals surface area contributed by atoms with Crippen molar-refractivity contribution < 1.29 is 23.7 Å². The molecule has 0 bridgehead atoms. The van der Waals surface area contributed by atoms with E-state index in [2.05, 4.69) is 19.6 Å². The lowest BCUT2D eigenvalue weighted by Crippen LogP contribution is -2.38. The summed E-state index contributed by atoms with van der Waals surface area (Å²) in [6, 6.07) is 0.954. The van der Waals surface area contributed by atoms with Crippen LogP contribution in [-0.4, -0.2) is 40.6 Å². The van der Waals surface area contributed by atoms with E-state index in [9.17, 15) is 9.59 Å². The number of carbonyl (C=O) groups excluding carboxylic acids is 2. The second-order valence-electron chi connectivity index (χ2n) is 7.78. The number of rotatable bonds is 9. The maximum absolute atomic E-state index is 12.3. The molecule has 1 aliphatic heterocycles. The normalized spacial score (nSPS) is 13.4. The Morgan fingerprint density at radius 2 is 2.04 bits per heavy atom. The molecule has 0 saturated heterocycles. The molecule has 0 unspecified atom stereocenters. The van der Waals surface area contributed by atoms with Crippen LogP contribution in [0.1, 0.15) is 27.0 Å². The maximum Gasteiger partial charge on any atom is 0.342 e. The molecule has 0 spiro atoms. The molecule has 2 N–H and O–H groups in total. The fourth-order valence-corrected chi connectivity index (χ4v) is 3.99. The predicted molar refractivity (Wildman–Crippen MR) is 105 cm³/mol. The Morgan fingerprint density at radius 1 is 1.35 bits per heavy atom. The van der Waals surface area contributed by atoms with Gasteiger partial charge in [0.1, 0.15) is 24.2 Å². The van der Waals surface area contributed by atoms with Gasteiger partial charge in [-0.25, -0.2) is 4.79 Å². The summed E-state index contributed by atoms with van der Waals surface area (Å²) in [6.45, 7) is 11.1. The van der Waals surface area contributed by atoms with E-state index >= 15 is 0 Å². The van der Waals surface area contributed by atoms with Crippen LogP contribution in [0.5, 0.6) is 5.75 Å². The molecule has 0 saturated carbocycles. The van der Waals surface area contributed by atoms with Crippen LogP contribution in [-0.2, 0) is 27.2 Å². The average Bonchev–Trinajstić information content (AvgIpc) is 2.92. The number of nitrogens with two attached hydrogens (primary N) is 1. The largest absolute Gasteiger partial charge is 0.493 e. The zero-order valence-electron chi connectivity index (χ0n) is 16.3. The highest BCUT2D eigenvalue weighted by Gasteiger charge is 2.35. The van der Waals surface area contributed by atoms with E-state index in [1.807, 2.05) is 13.7 Å². The van der Waals surface area contributed by atoms with Crippen LogP contribution in [0.3, 0.4) is 0 Å². The summed E-state index contributed by atoms with van der Waals surface area (Å²) < 4.78 is 16.9. The van der Waals surface area contributed by atoms with Gasteiger partial charge in [0.25, 0.3) is 0 Å². The molecule has 0 radical (unpaired) electrons. The Balaban J connectivity index is 2.58. The highest BCUT2D eigenvalue weighted by Crippen LogP contribution is 2.35. The Labute approximate surface area is 156 Å². The van der Waals surface area contributed by atoms with Crippen LogP contribution >= 0.6 is 0 Å².